The minimum Gasteiger partial charge on any atom is -0.453 e. The molecule has 0 bridgehead atoms. The molecular weight excluding hydrogens is 320 g/mol. The number of aromatic nitrogens is 1. The number of amides is 1. The highest BCUT2D eigenvalue weighted by molar-refractivity contribution is 5.95. The van der Waals surface area contributed by atoms with Gasteiger partial charge in [-0.25, -0.2) is 9.78 Å². The number of esters is 1. The molecule has 1 aliphatic rings. The molecule has 130 valence electrons. The van der Waals surface area contributed by atoms with Gasteiger partial charge in [0.05, 0.1) is 5.69 Å². The number of carbonyl (C=O) groups excluding carboxylic acids is 2. The van der Waals surface area contributed by atoms with Crippen LogP contribution in [0, 0.1) is 13.8 Å². The van der Waals surface area contributed by atoms with E-state index in [1.807, 2.05) is 38.1 Å². The second-order valence-electron chi connectivity index (χ2n) is 5.93. The molecule has 3 rings (SSSR count). The summed E-state index contributed by atoms with van der Waals surface area (Å²) in [5, 5.41) is 0. The maximum atomic E-state index is 11.8. The smallest absolute Gasteiger partial charge is 0.331 e. The third-order valence-corrected chi connectivity index (χ3v) is 4.10. The average molecular weight is 340 g/mol. The van der Waals surface area contributed by atoms with Crippen LogP contribution in [-0.2, 0) is 20.9 Å². The lowest BCUT2D eigenvalue weighted by Gasteiger charge is -2.15. The van der Waals surface area contributed by atoms with Crippen molar-refractivity contribution in [3.05, 3.63) is 53.2 Å². The number of aryl methyl sites for hydroxylation is 2. The third-order valence-electron chi connectivity index (χ3n) is 4.10. The number of nitrogens with zero attached hydrogens (tertiary/aromatic N) is 2. The van der Waals surface area contributed by atoms with Gasteiger partial charge in [0.2, 0.25) is 11.8 Å². The van der Waals surface area contributed by atoms with Crippen LogP contribution in [-0.4, -0.2) is 23.4 Å². The van der Waals surface area contributed by atoms with Gasteiger partial charge < -0.3 is 14.1 Å². The molecule has 0 spiro atoms. The lowest BCUT2D eigenvalue weighted by Crippen LogP contribution is -2.23. The SMILES string of the molecule is Cc1nc(COC(=O)C=Cc2ccc(N3CCCC3=O)cc2)oc1C. The molecular formula is C19H20N2O4. The van der Waals surface area contributed by atoms with Crippen LogP contribution < -0.4 is 4.90 Å². The monoisotopic (exact) mass is 340 g/mol. The molecule has 0 aliphatic carbocycles. The summed E-state index contributed by atoms with van der Waals surface area (Å²) in [6, 6.07) is 7.50. The van der Waals surface area contributed by atoms with Gasteiger partial charge in [0, 0.05) is 24.7 Å². The van der Waals surface area contributed by atoms with Crippen molar-refractivity contribution in [1.29, 1.82) is 0 Å². The molecule has 1 aromatic heterocycles. The van der Waals surface area contributed by atoms with Gasteiger partial charge in [0.25, 0.3) is 0 Å². The normalized spacial score (nSPS) is 14.5. The fourth-order valence-corrected chi connectivity index (χ4v) is 2.63. The van der Waals surface area contributed by atoms with E-state index in [1.165, 1.54) is 6.08 Å². The quantitative estimate of drug-likeness (QED) is 0.617. The van der Waals surface area contributed by atoms with Crippen molar-refractivity contribution in [2.24, 2.45) is 0 Å². The Morgan fingerprint density at radius 3 is 2.68 bits per heavy atom. The fourth-order valence-electron chi connectivity index (χ4n) is 2.63. The summed E-state index contributed by atoms with van der Waals surface area (Å²) in [5.41, 5.74) is 2.53. The third kappa shape index (κ3) is 4.15. The Balaban J connectivity index is 1.54. The predicted octanol–water partition coefficient (Wildman–Crippen LogP) is 3.17. The summed E-state index contributed by atoms with van der Waals surface area (Å²) in [6.07, 6.45) is 4.54. The van der Waals surface area contributed by atoms with Crippen LogP contribution in [0.15, 0.2) is 34.8 Å². The molecule has 6 nitrogen and oxygen atoms in total. The fraction of sp³-hybridized carbons (Fsp3) is 0.316. The Labute approximate surface area is 146 Å². The first-order valence-electron chi connectivity index (χ1n) is 8.21. The maximum absolute atomic E-state index is 11.8. The van der Waals surface area contributed by atoms with Crippen LogP contribution >= 0.6 is 0 Å². The van der Waals surface area contributed by atoms with Crippen molar-refractivity contribution in [3.8, 4) is 0 Å². The first-order chi connectivity index (χ1) is 12.0. The van der Waals surface area contributed by atoms with Crippen molar-refractivity contribution in [2.75, 3.05) is 11.4 Å². The van der Waals surface area contributed by atoms with E-state index in [1.54, 1.807) is 11.0 Å². The zero-order valence-electron chi connectivity index (χ0n) is 14.3. The minimum absolute atomic E-state index is 0.00780. The van der Waals surface area contributed by atoms with Crippen LogP contribution in [0.3, 0.4) is 0 Å². The summed E-state index contributed by atoms with van der Waals surface area (Å²) >= 11 is 0. The molecule has 1 saturated heterocycles. The molecule has 1 amide bonds. The first kappa shape index (κ1) is 17.0. The maximum Gasteiger partial charge on any atom is 0.331 e. The molecule has 0 atom stereocenters. The van der Waals surface area contributed by atoms with Crippen molar-refractivity contribution in [1.82, 2.24) is 4.98 Å². The Morgan fingerprint density at radius 1 is 1.32 bits per heavy atom. The number of oxazole rings is 1. The summed E-state index contributed by atoms with van der Waals surface area (Å²) < 4.78 is 10.5. The highest BCUT2D eigenvalue weighted by Gasteiger charge is 2.21. The van der Waals surface area contributed by atoms with Gasteiger partial charge in [0.15, 0.2) is 6.61 Å². The number of ether oxygens (including phenoxy) is 1. The number of hydrogen-bond donors (Lipinski definition) is 0. The van der Waals surface area contributed by atoms with Crippen LogP contribution in [0.25, 0.3) is 6.08 Å². The van der Waals surface area contributed by atoms with E-state index in [2.05, 4.69) is 4.98 Å². The molecule has 0 radical (unpaired) electrons. The van der Waals surface area contributed by atoms with Crippen molar-refractivity contribution in [3.63, 3.8) is 0 Å². The predicted molar refractivity (Wildman–Crippen MR) is 92.8 cm³/mol. The zero-order valence-corrected chi connectivity index (χ0v) is 14.3. The van der Waals surface area contributed by atoms with Gasteiger partial charge in [-0.2, -0.15) is 0 Å². The number of anilines is 1. The number of carbonyl (C=O) groups is 2. The summed E-state index contributed by atoms with van der Waals surface area (Å²) in [6.45, 7) is 4.42. The highest BCUT2D eigenvalue weighted by Crippen LogP contribution is 2.21. The molecule has 0 saturated carbocycles. The van der Waals surface area contributed by atoms with E-state index in [4.69, 9.17) is 9.15 Å². The van der Waals surface area contributed by atoms with Crippen molar-refractivity contribution < 1.29 is 18.7 Å². The Morgan fingerprint density at radius 2 is 2.08 bits per heavy atom. The minimum atomic E-state index is -0.465. The standard InChI is InChI=1S/C19H20N2O4/c1-13-14(2)25-17(20-13)12-24-19(23)10-7-15-5-8-16(9-6-15)21-11-3-4-18(21)22/h5-10H,3-4,11-12H2,1-2H3. The van der Waals surface area contributed by atoms with Gasteiger partial charge in [-0.3, -0.25) is 4.79 Å². The Kier molecular flexibility index (Phi) is 4.97. The van der Waals surface area contributed by atoms with Crippen LogP contribution in [0.2, 0.25) is 0 Å². The second-order valence-corrected chi connectivity index (χ2v) is 5.93. The topological polar surface area (TPSA) is 72.6 Å². The van der Waals surface area contributed by atoms with Gasteiger partial charge >= 0.3 is 5.97 Å². The molecule has 1 fully saturated rings. The summed E-state index contributed by atoms with van der Waals surface area (Å²) in [5.74, 6) is 0.797. The lowest BCUT2D eigenvalue weighted by molar-refractivity contribution is -0.139. The Hall–Kier alpha value is -2.89. The van der Waals surface area contributed by atoms with Gasteiger partial charge in [-0.15, -0.1) is 0 Å². The van der Waals surface area contributed by atoms with E-state index in [0.29, 0.717) is 12.3 Å². The Bertz CT molecular complexity index is 786. The molecule has 1 aliphatic heterocycles. The van der Waals surface area contributed by atoms with E-state index < -0.39 is 5.97 Å². The highest BCUT2D eigenvalue weighted by atomic mass is 16.5. The average Bonchev–Trinajstić information content (AvgIpc) is 3.17. The molecule has 0 N–H and O–H groups in total. The first-order valence-corrected chi connectivity index (χ1v) is 8.21. The van der Waals surface area contributed by atoms with Crippen LogP contribution in [0.5, 0.6) is 0 Å². The molecule has 2 heterocycles. The van der Waals surface area contributed by atoms with E-state index in [9.17, 15) is 9.59 Å². The largest absolute Gasteiger partial charge is 0.453 e. The summed E-state index contributed by atoms with van der Waals surface area (Å²) in [4.78, 5) is 29.4. The van der Waals surface area contributed by atoms with Crippen LogP contribution in [0.1, 0.15) is 35.7 Å². The number of hydrogen-bond acceptors (Lipinski definition) is 5. The molecule has 25 heavy (non-hydrogen) atoms. The lowest BCUT2D eigenvalue weighted by atomic mass is 10.2. The second kappa shape index (κ2) is 7.34. The number of rotatable bonds is 5. The molecule has 6 heteroatoms. The molecule has 1 aromatic carbocycles. The van der Waals surface area contributed by atoms with Gasteiger partial charge in [-0.05, 0) is 44.0 Å². The summed E-state index contributed by atoms with van der Waals surface area (Å²) in [7, 11) is 0. The molecule has 0 unspecified atom stereocenters. The van der Waals surface area contributed by atoms with E-state index in [-0.39, 0.29) is 12.5 Å². The van der Waals surface area contributed by atoms with Crippen molar-refractivity contribution >= 4 is 23.6 Å². The number of benzene rings is 1. The zero-order chi connectivity index (χ0) is 17.8. The van der Waals surface area contributed by atoms with Crippen LogP contribution in [0.4, 0.5) is 5.69 Å². The van der Waals surface area contributed by atoms with Gasteiger partial charge in [0.1, 0.15) is 5.76 Å². The van der Waals surface area contributed by atoms with E-state index in [0.717, 1.165) is 35.7 Å². The molecule has 2 aromatic rings. The van der Waals surface area contributed by atoms with Gasteiger partial charge in [-0.1, -0.05) is 12.1 Å². The van der Waals surface area contributed by atoms with E-state index >= 15 is 0 Å². The van der Waals surface area contributed by atoms with Crippen molar-refractivity contribution in [2.45, 2.75) is 33.3 Å².